The maximum Gasteiger partial charge on any atom is 0.238 e. The van der Waals surface area contributed by atoms with Crippen LogP contribution < -0.4 is 10.5 Å². The van der Waals surface area contributed by atoms with Crippen LogP contribution in [0.4, 0.5) is 5.69 Å². The fourth-order valence-electron chi connectivity index (χ4n) is 2.50. The Bertz CT molecular complexity index is 665. The van der Waals surface area contributed by atoms with Crippen molar-refractivity contribution < 1.29 is 13.2 Å². The van der Waals surface area contributed by atoms with Gasteiger partial charge in [-0.05, 0) is 42.9 Å². The minimum Gasteiger partial charge on any atom is -0.326 e. The fraction of sp³-hybridized carbons (Fsp3) is 0.400. The van der Waals surface area contributed by atoms with Crippen LogP contribution in [0.25, 0.3) is 0 Å². The Labute approximate surface area is 125 Å². The van der Waals surface area contributed by atoms with Gasteiger partial charge in [0.15, 0.2) is 0 Å². The van der Waals surface area contributed by atoms with Gasteiger partial charge in [0.25, 0.3) is 0 Å². The van der Waals surface area contributed by atoms with E-state index in [-0.39, 0.29) is 16.7 Å². The zero-order valence-electron chi connectivity index (χ0n) is 12.0. The molecule has 1 aliphatic carbocycles. The lowest BCUT2D eigenvalue weighted by atomic mass is 10.0. The molecule has 2 rings (SSSR count). The molecule has 0 bridgehead atoms. The number of nitrogens with two attached hydrogens (primary N) is 1. The van der Waals surface area contributed by atoms with E-state index in [9.17, 15) is 13.2 Å². The highest BCUT2D eigenvalue weighted by molar-refractivity contribution is 7.89. The Kier molecular flexibility index (Phi) is 4.80. The first-order valence-electron chi connectivity index (χ1n) is 7.02. The summed E-state index contributed by atoms with van der Waals surface area (Å²) in [5.74, 6) is 0.161. The van der Waals surface area contributed by atoms with Crippen LogP contribution >= 0.6 is 0 Å². The highest BCUT2D eigenvalue weighted by Crippen LogP contribution is 2.23. The Hall–Kier alpha value is -1.66. The number of amides is 1. The highest BCUT2D eigenvalue weighted by Gasteiger charge is 2.17. The molecule has 1 aromatic carbocycles. The molecule has 0 aliphatic heterocycles. The van der Waals surface area contributed by atoms with Crippen molar-refractivity contribution in [3.8, 4) is 0 Å². The average Bonchev–Trinajstić information content (AvgIpc) is 2.90. The molecule has 0 saturated carbocycles. The Morgan fingerprint density at radius 1 is 1.43 bits per heavy atom. The predicted octanol–water partition coefficient (Wildman–Crippen LogP) is 2.19. The van der Waals surface area contributed by atoms with Crippen molar-refractivity contribution in [3.05, 3.63) is 35.9 Å². The van der Waals surface area contributed by atoms with Gasteiger partial charge in [-0.3, -0.25) is 4.79 Å². The first-order chi connectivity index (χ1) is 9.90. The van der Waals surface area contributed by atoms with Crippen LogP contribution in [-0.4, -0.2) is 14.3 Å². The predicted molar refractivity (Wildman–Crippen MR) is 82.3 cm³/mol. The summed E-state index contributed by atoms with van der Waals surface area (Å²) in [6.45, 7) is 1.86. The zero-order chi connectivity index (χ0) is 15.5. The number of allylic oxidation sites excluding steroid dienone is 2. The van der Waals surface area contributed by atoms with E-state index in [2.05, 4.69) is 17.5 Å². The number of nitrogens with one attached hydrogen (secondary N) is 1. The van der Waals surface area contributed by atoms with Gasteiger partial charge in [-0.2, -0.15) is 0 Å². The summed E-state index contributed by atoms with van der Waals surface area (Å²) in [5, 5.41) is 7.96. The Balaban J connectivity index is 2.13. The van der Waals surface area contributed by atoms with Gasteiger partial charge >= 0.3 is 0 Å². The molecule has 114 valence electrons. The summed E-state index contributed by atoms with van der Waals surface area (Å²) in [6.07, 6.45) is 7.11. The third kappa shape index (κ3) is 4.15. The van der Waals surface area contributed by atoms with Crippen LogP contribution in [0.3, 0.4) is 0 Å². The molecular formula is C15H20N2O3S. The number of primary sulfonamides is 1. The second-order valence-corrected chi connectivity index (χ2v) is 6.77. The largest absolute Gasteiger partial charge is 0.326 e. The van der Waals surface area contributed by atoms with Crippen molar-refractivity contribution in [2.75, 3.05) is 5.32 Å². The molecule has 0 spiro atoms. The van der Waals surface area contributed by atoms with Gasteiger partial charge in [0.2, 0.25) is 15.9 Å². The van der Waals surface area contributed by atoms with Crippen molar-refractivity contribution in [2.24, 2.45) is 11.1 Å². The van der Waals surface area contributed by atoms with Crippen LogP contribution in [0.2, 0.25) is 0 Å². The maximum absolute atomic E-state index is 12.0. The minimum atomic E-state index is -3.79. The number of carbonyl (C=O) groups excluding carboxylic acids is 1. The van der Waals surface area contributed by atoms with Crippen LogP contribution in [0.5, 0.6) is 0 Å². The summed E-state index contributed by atoms with van der Waals surface area (Å²) in [4.78, 5) is 12.0. The first-order valence-corrected chi connectivity index (χ1v) is 8.57. The van der Waals surface area contributed by atoms with Crippen molar-refractivity contribution in [1.82, 2.24) is 0 Å². The maximum atomic E-state index is 12.0. The monoisotopic (exact) mass is 308 g/mol. The molecule has 0 saturated heterocycles. The van der Waals surface area contributed by atoms with Crippen LogP contribution in [0.1, 0.15) is 31.7 Å². The molecule has 1 amide bonds. The third-order valence-electron chi connectivity index (χ3n) is 3.60. The number of aryl methyl sites for hydroxylation is 1. The number of hydrogen-bond acceptors (Lipinski definition) is 3. The van der Waals surface area contributed by atoms with E-state index >= 15 is 0 Å². The van der Waals surface area contributed by atoms with Gasteiger partial charge in [0.1, 0.15) is 0 Å². The molecule has 0 aromatic heterocycles. The number of sulfonamides is 1. The molecule has 0 heterocycles. The van der Waals surface area contributed by atoms with E-state index < -0.39 is 10.0 Å². The Morgan fingerprint density at radius 3 is 2.76 bits per heavy atom. The lowest BCUT2D eigenvalue weighted by Crippen LogP contribution is -2.17. The van der Waals surface area contributed by atoms with Crippen molar-refractivity contribution in [2.45, 2.75) is 37.5 Å². The third-order valence-corrected chi connectivity index (χ3v) is 4.59. The molecular weight excluding hydrogens is 288 g/mol. The van der Waals surface area contributed by atoms with Crippen LogP contribution in [0, 0.1) is 5.92 Å². The summed E-state index contributed by atoms with van der Waals surface area (Å²) < 4.78 is 23.2. The standard InChI is InChI=1S/C15H20N2O3S/c1-2-12-7-8-13(10-14(12)21(16,19)20)17-15(18)9-11-5-3-4-6-11/h3,5,7-8,10-11H,2,4,6,9H2,1H3,(H,17,18)(H2,16,19,20)/t11-/m1/s1. The van der Waals surface area contributed by atoms with Gasteiger partial charge in [0.05, 0.1) is 4.90 Å². The van der Waals surface area contributed by atoms with Crippen LogP contribution in [-0.2, 0) is 21.2 Å². The second kappa shape index (κ2) is 6.41. The molecule has 0 fully saturated rings. The number of anilines is 1. The normalized spacial score (nSPS) is 17.9. The topological polar surface area (TPSA) is 89.3 Å². The lowest BCUT2D eigenvalue weighted by molar-refractivity contribution is -0.116. The van der Waals surface area contributed by atoms with E-state index in [4.69, 9.17) is 5.14 Å². The lowest BCUT2D eigenvalue weighted by Gasteiger charge is -2.11. The number of carbonyl (C=O) groups is 1. The zero-order valence-corrected chi connectivity index (χ0v) is 12.8. The highest BCUT2D eigenvalue weighted by atomic mass is 32.2. The molecule has 0 unspecified atom stereocenters. The van der Waals surface area contributed by atoms with Crippen molar-refractivity contribution in [3.63, 3.8) is 0 Å². The number of hydrogen-bond donors (Lipinski definition) is 2. The van der Waals surface area contributed by atoms with Crippen molar-refractivity contribution in [1.29, 1.82) is 0 Å². The molecule has 1 atom stereocenters. The summed E-state index contributed by atoms with van der Waals surface area (Å²) in [5.41, 5.74) is 1.11. The number of benzene rings is 1. The van der Waals surface area contributed by atoms with E-state index in [1.165, 1.54) is 6.07 Å². The van der Waals surface area contributed by atoms with E-state index in [0.717, 1.165) is 12.8 Å². The molecule has 0 radical (unpaired) electrons. The minimum absolute atomic E-state index is 0.0727. The number of rotatable bonds is 5. The quantitative estimate of drug-likeness (QED) is 0.817. The van der Waals surface area contributed by atoms with Crippen molar-refractivity contribution >= 4 is 21.6 Å². The molecule has 5 nitrogen and oxygen atoms in total. The molecule has 3 N–H and O–H groups in total. The summed E-state index contributed by atoms with van der Waals surface area (Å²) in [7, 11) is -3.79. The van der Waals surface area contributed by atoms with E-state index in [0.29, 0.717) is 24.1 Å². The summed E-state index contributed by atoms with van der Waals surface area (Å²) >= 11 is 0. The summed E-state index contributed by atoms with van der Waals surface area (Å²) in [6, 6.07) is 4.82. The SMILES string of the molecule is CCc1ccc(NC(=O)C[C@@H]2C=CCC2)cc1S(N)(=O)=O. The van der Waals surface area contributed by atoms with Gasteiger partial charge in [0, 0.05) is 12.1 Å². The van der Waals surface area contributed by atoms with Gasteiger partial charge in [-0.15, -0.1) is 0 Å². The van der Waals surface area contributed by atoms with Gasteiger partial charge in [-0.25, -0.2) is 13.6 Å². The molecule has 21 heavy (non-hydrogen) atoms. The van der Waals surface area contributed by atoms with E-state index in [1.54, 1.807) is 12.1 Å². The average molecular weight is 308 g/mol. The Morgan fingerprint density at radius 2 is 2.19 bits per heavy atom. The fourth-order valence-corrected chi connectivity index (χ4v) is 3.37. The smallest absolute Gasteiger partial charge is 0.238 e. The first kappa shape index (κ1) is 15.7. The molecule has 6 heteroatoms. The molecule has 1 aromatic rings. The molecule has 1 aliphatic rings. The van der Waals surface area contributed by atoms with Gasteiger partial charge in [-0.1, -0.05) is 25.1 Å². The van der Waals surface area contributed by atoms with Crippen LogP contribution in [0.15, 0.2) is 35.2 Å². The van der Waals surface area contributed by atoms with E-state index in [1.807, 2.05) is 6.92 Å². The van der Waals surface area contributed by atoms with Gasteiger partial charge < -0.3 is 5.32 Å². The second-order valence-electron chi connectivity index (χ2n) is 5.24.